The van der Waals surface area contributed by atoms with Crippen molar-refractivity contribution in [2.75, 3.05) is 13.7 Å². The number of methoxy groups -OCH3 is 1. The van der Waals surface area contributed by atoms with Gasteiger partial charge in [-0.1, -0.05) is 6.92 Å². The van der Waals surface area contributed by atoms with Gasteiger partial charge in [-0.15, -0.1) is 0 Å². The summed E-state index contributed by atoms with van der Waals surface area (Å²) in [6.07, 6.45) is 3.26. The van der Waals surface area contributed by atoms with E-state index in [1.165, 1.54) is 5.56 Å². The van der Waals surface area contributed by atoms with Crippen LogP contribution in [0.15, 0.2) is 28.9 Å². The van der Waals surface area contributed by atoms with Gasteiger partial charge in [0.05, 0.1) is 7.11 Å². The van der Waals surface area contributed by atoms with Gasteiger partial charge in [0.15, 0.2) is 5.89 Å². The van der Waals surface area contributed by atoms with E-state index in [1.807, 2.05) is 12.1 Å². The lowest BCUT2D eigenvalue weighted by atomic mass is 10.1. The molecule has 0 saturated heterocycles. The van der Waals surface area contributed by atoms with E-state index in [0.717, 1.165) is 23.4 Å². The zero-order valence-corrected chi connectivity index (χ0v) is 10.8. The lowest BCUT2D eigenvalue weighted by Crippen LogP contribution is -2.02. The SMILES string of the molecule is CCc1cc(-c2coc(CCN)n2)ccc1OC. The maximum Gasteiger partial charge on any atom is 0.195 e. The summed E-state index contributed by atoms with van der Waals surface area (Å²) in [5, 5.41) is 0. The van der Waals surface area contributed by atoms with Gasteiger partial charge in [0.2, 0.25) is 0 Å². The molecule has 96 valence electrons. The summed E-state index contributed by atoms with van der Waals surface area (Å²) in [6, 6.07) is 6.04. The van der Waals surface area contributed by atoms with Crippen LogP contribution in [-0.4, -0.2) is 18.6 Å². The Morgan fingerprint density at radius 1 is 1.39 bits per heavy atom. The summed E-state index contributed by atoms with van der Waals surface area (Å²) in [6.45, 7) is 2.65. The highest BCUT2D eigenvalue weighted by molar-refractivity contribution is 5.61. The highest BCUT2D eigenvalue weighted by atomic mass is 16.5. The van der Waals surface area contributed by atoms with E-state index in [4.69, 9.17) is 14.9 Å². The molecule has 4 nitrogen and oxygen atoms in total. The first-order valence-corrected chi connectivity index (χ1v) is 6.10. The minimum Gasteiger partial charge on any atom is -0.496 e. The van der Waals surface area contributed by atoms with Gasteiger partial charge < -0.3 is 14.9 Å². The topological polar surface area (TPSA) is 61.3 Å². The van der Waals surface area contributed by atoms with Crippen LogP contribution in [0.2, 0.25) is 0 Å². The van der Waals surface area contributed by atoms with Crippen molar-refractivity contribution in [3.05, 3.63) is 35.9 Å². The van der Waals surface area contributed by atoms with Gasteiger partial charge in [-0.25, -0.2) is 4.98 Å². The smallest absolute Gasteiger partial charge is 0.195 e. The molecule has 1 aromatic heterocycles. The fourth-order valence-corrected chi connectivity index (χ4v) is 1.90. The lowest BCUT2D eigenvalue weighted by molar-refractivity contribution is 0.410. The summed E-state index contributed by atoms with van der Waals surface area (Å²) < 4.78 is 10.7. The van der Waals surface area contributed by atoms with Crippen LogP contribution < -0.4 is 10.5 Å². The maximum absolute atomic E-state index is 5.48. The second-order valence-corrected chi connectivity index (χ2v) is 4.05. The predicted octanol–water partition coefficient (Wildman–Crippen LogP) is 2.41. The molecule has 0 radical (unpaired) electrons. The van der Waals surface area contributed by atoms with E-state index in [9.17, 15) is 0 Å². The van der Waals surface area contributed by atoms with Crippen LogP contribution in [0.1, 0.15) is 18.4 Å². The molecule has 0 unspecified atom stereocenters. The molecule has 0 spiro atoms. The number of oxazole rings is 1. The van der Waals surface area contributed by atoms with Gasteiger partial charge in [0, 0.05) is 18.5 Å². The van der Waals surface area contributed by atoms with Crippen molar-refractivity contribution in [1.82, 2.24) is 4.98 Å². The van der Waals surface area contributed by atoms with Crippen molar-refractivity contribution in [2.24, 2.45) is 5.73 Å². The second kappa shape index (κ2) is 5.69. The van der Waals surface area contributed by atoms with Crippen LogP contribution in [0.25, 0.3) is 11.3 Å². The van der Waals surface area contributed by atoms with E-state index in [1.54, 1.807) is 13.4 Å². The van der Waals surface area contributed by atoms with E-state index < -0.39 is 0 Å². The van der Waals surface area contributed by atoms with Crippen molar-refractivity contribution in [3.8, 4) is 17.0 Å². The third kappa shape index (κ3) is 2.54. The molecule has 0 aliphatic rings. The minimum atomic E-state index is 0.544. The molecule has 4 heteroatoms. The standard InChI is InChI=1S/C14H18N2O2/c1-3-10-8-11(4-5-13(10)17-2)12-9-18-14(16-12)6-7-15/h4-5,8-9H,3,6-7,15H2,1-2H3. The van der Waals surface area contributed by atoms with Crippen LogP contribution >= 0.6 is 0 Å². The quantitative estimate of drug-likeness (QED) is 0.880. The Bertz CT molecular complexity index is 520. The molecule has 2 aromatic rings. The Morgan fingerprint density at radius 3 is 2.89 bits per heavy atom. The highest BCUT2D eigenvalue weighted by Crippen LogP contribution is 2.26. The van der Waals surface area contributed by atoms with Gasteiger partial charge in [0.1, 0.15) is 17.7 Å². The predicted molar refractivity (Wildman–Crippen MR) is 70.6 cm³/mol. The molecule has 0 atom stereocenters. The second-order valence-electron chi connectivity index (χ2n) is 4.05. The van der Waals surface area contributed by atoms with Gasteiger partial charge in [-0.05, 0) is 30.2 Å². The average Bonchev–Trinajstić information content (AvgIpc) is 2.87. The van der Waals surface area contributed by atoms with Gasteiger partial charge >= 0.3 is 0 Å². The molecule has 2 rings (SSSR count). The third-order valence-electron chi connectivity index (χ3n) is 2.87. The maximum atomic E-state index is 5.48. The van der Waals surface area contributed by atoms with E-state index in [2.05, 4.69) is 18.0 Å². The third-order valence-corrected chi connectivity index (χ3v) is 2.87. The van der Waals surface area contributed by atoms with E-state index >= 15 is 0 Å². The lowest BCUT2D eigenvalue weighted by Gasteiger charge is -2.07. The first-order valence-electron chi connectivity index (χ1n) is 6.10. The summed E-state index contributed by atoms with van der Waals surface area (Å²) in [5.74, 6) is 1.59. The summed E-state index contributed by atoms with van der Waals surface area (Å²) >= 11 is 0. The highest BCUT2D eigenvalue weighted by Gasteiger charge is 2.08. The summed E-state index contributed by atoms with van der Waals surface area (Å²) in [7, 11) is 1.68. The minimum absolute atomic E-state index is 0.544. The van der Waals surface area contributed by atoms with Crippen molar-refractivity contribution < 1.29 is 9.15 Å². The van der Waals surface area contributed by atoms with Gasteiger partial charge in [-0.2, -0.15) is 0 Å². The molecular weight excluding hydrogens is 228 g/mol. The number of nitrogens with two attached hydrogens (primary N) is 1. The van der Waals surface area contributed by atoms with Crippen LogP contribution in [0.3, 0.4) is 0 Å². The molecular formula is C14H18N2O2. The van der Waals surface area contributed by atoms with E-state index in [0.29, 0.717) is 18.9 Å². The Labute approximate surface area is 107 Å². The van der Waals surface area contributed by atoms with Crippen molar-refractivity contribution in [3.63, 3.8) is 0 Å². The van der Waals surface area contributed by atoms with Crippen molar-refractivity contribution in [2.45, 2.75) is 19.8 Å². The number of aryl methyl sites for hydroxylation is 1. The molecule has 0 bridgehead atoms. The van der Waals surface area contributed by atoms with Gasteiger partial charge in [0.25, 0.3) is 0 Å². The van der Waals surface area contributed by atoms with Crippen molar-refractivity contribution >= 4 is 0 Å². The number of rotatable bonds is 5. The molecule has 0 aliphatic heterocycles. The number of ether oxygens (including phenoxy) is 1. The fourth-order valence-electron chi connectivity index (χ4n) is 1.90. The number of benzene rings is 1. The number of hydrogen-bond donors (Lipinski definition) is 1. The average molecular weight is 246 g/mol. The Hall–Kier alpha value is -1.81. The molecule has 0 amide bonds. The first-order chi connectivity index (χ1) is 8.78. The largest absolute Gasteiger partial charge is 0.496 e. The van der Waals surface area contributed by atoms with Crippen LogP contribution in [0, 0.1) is 0 Å². The Kier molecular flexibility index (Phi) is 3.99. The Balaban J connectivity index is 2.31. The monoisotopic (exact) mass is 246 g/mol. The molecule has 0 aliphatic carbocycles. The molecule has 0 fully saturated rings. The number of hydrogen-bond acceptors (Lipinski definition) is 4. The molecule has 2 N–H and O–H groups in total. The Morgan fingerprint density at radius 2 is 2.22 bits per heavy atom. The summed E-state index contributed by atoms with van der Waals surface area (Å²) in [4.78, 5) is 4.41. The molecule has 18 heavy (non-hydrogen) atoms. The first kappa shape index (κ1) is 12.6. The van der Waals surface area contributed by atoms with Crippen molar-refractivity contribution in [1.29, 1.82) is 0 Å². The van der Waals surface area contributed by atoms with Gasteiger partial charge in [-0.3, -0.25) is 0 Å². The van der Waals surface area contributed by atoms with Crippen LogP contribution in [-0.2, 0) is 12.8 Å². The molecule has 1 aromatic carbocycles. The zero-order chi connectivity index (χ0) is 13.0. The number of nitrogens with zero attached hydrogens (tertiary/aromatic N) is 1. The zero-order valence-electron chi connectivity index (χ0n) is 10.8. The number of aromatic nitrogens is 1. The summed E-state index contributed by atoms with van der Waals surface area (Å²) in [5.41, 5.74) is 8.53. The molecule has 0 saturated carbocycles. The normalized spacial score (nSPS) is 10.6. The fraction of sp³-hybridized carbons (Fsp3) is 0.357. The molecule has 1 heterocycles. The van der Waals surface area contributed by atoms with Crippen LogP contribution in [0.4, 0.5) is 0 Å². The van der Waals surface area contributed by atoms with Crippen LogP contribution in [0.5, 0.6) is 5.75 Å². The van der Waals surface area contributed by atoms with E-state index in [-0.39, 0.29) is 0 Å².